The minimum Gasteiger partial charge on any atom is -0.496 e. The molecule has 0 unspecified atom stereocenters. The van der Waals surface area contributed by atoms with Crippen molar-refractivity contribution in [2.75, 3.05) is 17.8 Å². The summed E-state index contributed by atoms with van der Waals surface area (Å²) in [4.78, 5) is 14.5. The van der Waals surface area contributed by atoms with Gasteiger partial charge < -0.3 is 14.1 Å². The number of carbonyl (C=O) groups excluding carboxylic acids is 1. The van der Waals surface area contributed by atoms with Crippen LogP contribution in [0.2, 0.25) is 0 Å². The molecule has 1 amide bonds. The molecule has 0 N–H and O–H groups in total. The number of aromatic nitrogens is 2. The van der Waals surface area contributed by atoms with Gasteiger partial charge in [-0.25, -0.2) is 0 Å². The fourth-order valence-corrected chi connectivity index (χ4v) is 3.33. The number of thioether (sulfide) groups is 1. The Balaban J connectivity index is 1.70. The lowest BCUT2D eigenvalue weighted by molar-refractivity contribution is -0.116. The first-order chi connectivity index (χ1) is 13.1. The molecule has 0 aliphatic heterocycles. The molecule has 0 spiro atoms. The number of hydrogen-bond donors (Lipinski definition) is 0. The molecule has 2 aromatic carbocycles. The smallest absolute Gasteiger partial charge is 0.277 e. The summed E-state index contributed by atoms with van der Waals surface area (Å²) < 4.78 is 11.0. The highest BCUT2D eigenvalue weighted by Gasteiger charge is 2.20. The van der Waals surface area contributed by atoms with Crippen LogP contribution in [0.5, 0.6) is 5.75 Å². The van der Waals surface area contributed by atoms with Gasteiger partial charge in [0.2, 0.25) is 5.91 Å². The predicted molar refractivity (Wildman–Crippen MR) is 106 cm³/mol. The maximum Gasteiger partial charge on any atom is 0.277 e. The number of para-hydroxylation sites is 2. The Morgan fingerprint density at radius 3 is 2.52 bits per heavy atom. The van der Waals surface area contributed by atoms with Gasteiger partial charge in [-0.1, -0.05) is 42.1 Å². The van der Waals surface area contributed by atoms with Crippen molar-refractivity contribution < 1.29 is 13.9 Å². The van der Waals surface area contributed by atoms with E-state index >= 15 is 0 Å². The number of rotatable bonds is 7. The van der Waals surface area contributed by atoms with Crippen LogP contribution in [0.1, 0.15) is 13.8 Å². The first-order valence-corrected chi connectivity index (χ1v) is 9.55. The first kappa shape index (κ1) is 19.0. The molecular formula is C20H21N3O3S. The molecule has 0 fully saturated rings. The van der Waals surface area contributed by atoms with Gasteiger partial charge in [0.15, 0.2) is 0 Å². The summed E-state index contributed by atoms with van der Waals surface area (Å²) in [5.74, 6) is 1.22. The van der Waals surface area contributed by atoms with E-state index in [4.69, 9.17) is 9.15 Å². The van der Waals surface area contributed by atoms with Gasteiger partial charge >= 0.3 is 0 Å². The van der Waals surface area contributed by atoms with Crippen LogP contribution in [-0.4, -0.2) is 35.0 Å². The van der Waals surface area contributed by atoms with Crippen LogP contribution in [0.3, 0.4) is 0 Å². The Hall–Kier alpha value is -2.80. The van der Waals surface area contributed by atoms with Crippen molar-refractivity contribution in [3.8, 4) is 17.2 Å². The number of carbonyl (C=O) groups is 1. The Bertz CT molecular complexity index is 896. The van der Waals surface area contributed by atoms with Gasteiger partial charge in [0.1, 0.15) is 5.75 Å². The number of hydrogen-bond acceptors (Lipinski definition) is 6. The summed E-state index contributed by atoms with van der Waals surface area (Å²) in [7, 11) is 1.59. The molecule has 0 radical (unpaired) electrons. The lowest BCUT2D eigenvalue weighted by Gasteiger charge is -2.26. The summed E-state index contributed by atoms with van der Waals surface area (Å²) in [5.41, 5.74) is 1.59. The van der Waals surface area contributed by atoms with Crippen LogP contribution >= 0.6 is 11.8 Å². The lowest BCUT2D eigenvalue weighted by atomic mass is 10.2. The number of ether oxygens (including phenoxy) is 1. The van der Waals surface area contributed by atoms with E-state index in [2.05, 4.69) is 10.2 Å². The van der Waals surface area contributed by atoms with Crippen molar-refractivity contribution in [2.24, 2.45) is 0 Å². The molecule has 0 saturated heterocycles. The van der Waals surface area contributed by atoms with Gasteiger partial charge in [-0.2, -0.15) is 0 Å². The normalized spacial score (nSPS) is 10.8. The fourth-order valence-electron chi connectivity index (χ4n) is 2.71. The second-order valence-electron chi connectivity index (χ2n) is 6.06. The topological polar surface area (TPSA) is 68.5 Å². The first-order valence-electron chi connectivity index (χ1n) is 8.57. The molecule has 27 heavy (non-hydrogen) atoms. The molecule has 6 nitrogen and oxygen atoms in total. The van der Waals surface area contributed by atoms with E-state index in [1.54, 1.807) is 12.0 Å². The monoisotopic (exact) mass is 383 g/mol. The van der Waals surface area contributed by atoms with Crippen molar-refractivity contribution in [1.82, 2.24) is 10.2 Å². The van der Waals surface area contributed by atoms with E-state index in [1.807, 2.05) is 68.4 Å². The number of methoxy groups -OCH3 is 1. The fraction of sp³-hybridized carbons (Fsp3) is 0.250. The average molecular weight is 383 g/mol. The second kappa shape index (κ2) is 8.73. The molecule has 0 bridgehead atoms. The molecule has 1 aromatic heterocycles. The number of nitrogens with zero attached hydrogens (tertiary/aromatic N) is 3. The van der Waals surface area contributed by atoms with E-state index in [1.165, 1.54) is 11.8 Å². The zero-order valence-corrected chi connectivity index (χ0v) is 16.3. The second-order valence-corrected chi connectivity index (χ2v) is 6.98. The molecule has 0 saturated carbocycles. The van der Waals surface area contributed by atoms with E-state index in [0.29, 0.717) is 16.9 Å². The van der Waals surface area contributed by atoms with Crippen molar-refractivity contribution >= 4 is 23.4 Å². The molecule has 0 aliphatic carbocycles. The molecule has 140 valence electrons. The number of amides is 1. The van der Waals surface area contributed by atoms with Crippen LogP contribution in [0.15, 0.2) is 64.2 Å². The van der Waals surface area contributed by atoms with Crippen LogP contribution in [0.25, 0.3) is 11.5 Å². The SMILES string of the molecule is COc1ccccc1-c1nnc(SCC(=O)N(c2ccccc2)C(C)C)o1. The Morgan fingerprint density at radius 1 is 1.11 bits per heavy atom. The molecule has 3 rings (SSSR count). The minimum absolute atomic E-state index is 0.0155. The van der Waals surface area contributed by atoms with E-state index in [0.717, 1.165) is 11.3 Å². The Labute approximate surface area is 162 Å². The molecule has 3 aromatic rings. The highest BCUT2D eigenvalue weighted by Crippen LogP contribution is 2.30. The van der Waals surface area contributed by atoms with Gasteiger partial charge in [-0.3, -0.25) is 4.79 Å². The lowest BCUT2D eigenvalue weighted by Crippen LogP contribution is -2.38. The summed E-state index contributed by atoms with van der Waals surface area (Å²) in [5, 5.41) is 8.45. The van der Waals surface area contributed by atoms with Crippen molar-refractivity contribution in [2.45, 2.75) is 25.1 Å². The van der Waals surface area contributed by atoms with Gasteiger partial charge in [0.25, 0.3) is 11.1 Å². The van der Waals surface area contributed by atoms with E-state index in [-0.39, 0.29) is 17.7 Å². The maximum absolute atomic E-state index is 12.7. The average Bonchev–Trinajstić information content (AvgIpc) is 3.16. The maximum atomic E-state index is 12.7. The third kappa shape index (κ3) is 4.49. The summed E-state index contributed by atoms with van der Waals surface area (Å²) in [6, 6.07) is 17.1. The van der Waals surface area contributed by atoms with Gasteiger partial charge in [0, 0.05) is 11.7 Å². The third-order valence-electron chi connectivity index (χ3n) is 3.88. The van der Waals surface area contributed by atoms with Crippen LogP contribution < -0.4 is 9.64 Å². The predicted octanol–water partition coefficient (Wildman–Crippen LogP) is 4.28. The molecule has 0 atom stereocenters. The van der Waals surface area contributed by atoms with Crippen molar-refractivity contribution in [3.05, 3.63) is 54.6 Å². The summed E-state index contributed by atoms with van der Waals surface area (Å²) >= 11 is 1.23. The van der Waals surface area contributed by atoms with E-state index < -0.39 is 0 Å². The Morgan fingerprint density at radius 2 is 1.81 bits per heavy atom. The number of benzene rings is 2. The largest absolute Gasteiger partial charge is 0.496 e. The quantitative estimate of drug-likeness (QED) is 0.567. The van der Waals surface area contributed by atoms with E-state index in [9.17, 15) is 4.79 Å². The zero-order valence-electron chi connectivity index (χ0n) is 15.5. The number of anilines is 1. The summed E-state index contributed by atoms with van der Waals surface area (Å²) in [6.45, 7) is 3.98. The van der Waals surface area contributed by atoms with Gasteiger partial charge in [-0.15, -0.1) is 10.2 Å². The molecule has 0 aliphatic rings. The highest BCUT2D eigenvalue weighted by molar-refractivity contribution is 7.99. The van der Waals surface area contributed by atoms with Crippen LogP contribution in [0.4, 0.5) is 5.69 Å². The van der Waals surface area contributed by atoms with Crippen LogP contribution in [0, 0.1) is 0 Å². The highest BCUT2D eigenvalue weighted by atomic mass is 32.2. The van der Waals surface area contributed by atoms with Crippen molar-refractivity contribution in [1.29, 1.82) is 0 Å². The van der Waals surface area contributed by atoms with Gasteiger partial charge in [0.05, 0.1) is 18.4 Å². The molecule has 7 heteroatoms. The minimum atomic E-state index is -0.0155. The standard InChI is InChI=1S/C20H21N3O3S/c1-14(2)23(15-9-5-4-6-10-15)18(24)13-27-20-22-21-19(26-20)16-11-7-8-12-17(16)25-3/h4-12,14H,13H2,1-3H3. The molecule has 1 heterocycles. The third-order valence-corrected chi connectivity index (χ3v) is 4.69. The molecular weight excluding hydrogens is 362 g/mol. The van der Waals surface area contributed by atoms with Gasteiger partial charge in [-0.05, 0) is 38.1 Å². The summed E-state index contributed by atoms with van der Waals surface area (Å²) in [6.07, 6.45) is 0. The van der Waals surface area contributed by atoms with Crippen LogP contribution in [-0.2, 0) is 4.79 Å². The van der Waals surface area contributed by atoms with Crippen molar-refractivity contribution in [3.63, 3.8) is 0 Å². The zero-order chi connectivity index (χ0) is 19.2. The Kier molecular flexibility index (Phi) is 6.13.